The fraction of sp³-hybridized carbons (Fsp3) is 0. The van der Waals surface area contributed by atoms with E-state index in [-0.39, 0.29) is 17.4 Å². The SMILES string of the molecule is O=[P+](Oc1ccccc1)Oc1ccccc1.[AlH3]. The van der Waals surface area contributed by atoms with Gasteiger partial charge < -0.3 is 0 Å². The summed E-state index contributed by atoms with van der Waals surface area (Å²) >= 11 is 0. The monoisotopic (exact) mass is 263 g/mol. The Morgan fingerprint density at radius 3 is 1.41 bits per heavy atom. The maximum atomic E-state index is 11.5. The topological polar surface area (TPSA) is 35.5 Å². The number of benzene rings is 2. The Morgan fingerprint density at radius 1 is 0.706 bits per heavy atom. The van der Waals surface area contributed by atoms with E-state index in [1.165, 1.54) is 0 Å². The van der Waals surface area contributed by atoms with Crippen molar-refractivity contribution < 1.29 is 13.6 Å². The van der Waals surface area contributed by atoms with Crippen LogP contribution in [-0.2, 0) is 4.57 Å². The zero-order valence-electron chi connectivity index (χ0n) is 8.45. The summed E-state index contributed by atoms with van der Waals surface area (Å²) in [6, 6.07) is 17.8. The first kappa shape index (κ1) is 13.7. The fourth-order valence-corrected chi connectivity index (χ4v) is 1.78. The molecule has 0 aliphatic rings. The standard InChI is InChI=1S/C12H10O3P.Al.3H/c13-16(14-11-7-3-1-4-8-11)15-12-9-5-2-6-10-12;;;;/h1-10H;;;;/q+1;;;;. The van der Waals surface area contributed by atoms with Crippen molar-refractivity contribution in [1.82, 2.24) is 0 Å². The predicted octanol–water partition coefficient (Wildman–Crippen LogP) is 2.62. The van der Waals surface area contributed by atoms with Gasteiger partial charge in [-0.1, -0.05) is 36.4 Å². The normalized spacial score (nSPS) is 8.94. The second-order valence-electron chi connectivity index (χ2n) is 3.03. The zero-order chi connectivity index (χ0) is 11.2. The highest BCUT2D eigenvalue weighted by Gasteiger charge is 2.23. The van der Waals surface area contributed by atoms with Crippen LogP contribution in [0, 0.1) is 0 Å². The van der Waals surface area contributed by atoms with Crippen LogP contribution in [-0.4, -0.2) is 17.4 Å². The summed E-state index contributed by atoms with van der Waals surface area (Å²) in [6.45, 7) is 0. The minimum Gasteiger partial charge on any atom is -0.222 e. The van der Waals surface area contributed by atoms with Crippen molar-refractivity contribution in [2.75, 3.05) is 0 Å². The summed E-state index contributed by atoms with van der Waals surface area (Å²) in [7, 11) is -2.18. The van der Waals surface area contributed by atoms with E-state index in [1.807, 2.05) is 12.1 Å². The minimum atomic E-state index is -2.18. The number of para-hydroxylation sites is 2. The van der Waals surface area contributed by atoms with E-state index in [1.54, 1.807) is 48.5 Å². The van der Waals surface area contributed by atoms with Gasteiger partial charge >= 0.3 is 8.25 Å². The molecule has 0 radical (unpaired) electrons. The van der Waals surface area contributed by atoms with Crippen LogP contribution in [0.4, 0.5) is 0 Å². The third-order valence-corrected chi connectivity index (χ3v) is 2.57. The van der Waals surface area contributed by atoms with Crippen LogP contribution >= 0.6 is 8.25 Å². The molecule has 0 fully saturated rings. The minimum absolute atomic E-state index is 0. The summed E-state index contributed by atoms with van der Waals surface area (Å²) in [5, 5.41) is 0. The van der Waals surface area contributed by atoms with Crippen molar-refractivity contribution in [3.63, 3.8) is 0 Å². The number of rotatable bonds is 4. The zero-order valence-corrected chi connectivity index (χ0v) is 9.34. The molecule has 2 aromatic carbocycles. The first-order chi connectivity index (χ1) is 7.84. The Labute approximate surface area is 111 Å². The second kappa shape index (κ2) is 7.09. The molecule has 3 nitrogen and oxygen atoms in total. The molecular weight excluding hydrogens is 250 g/mol. The highest BCUT2D eigenvalue weighted by atomic mass is 31.1. The molecule has 2 aromatic rings. The third-order valence-electron chi connectivity index (χ3n) is 1.85. The van der Waals surface area contributed by atoms with Crippen molar-refractivity contribution in [2.24, 2.45) is 0 Å². The summed E-state index contributed by atoms with van der Waals surface area (Å²) in [4.78, 5) is 0. The van der Waals surface area contributed by atoms with Crippen LogP contribution in [0.2, 0.25) is 0 Å². The molecule has 0 bridgehead atoms. The molecule has 0 spiro atoms. The Morgan fingerprint density at radius 2 is 1.06 bits per heavy atom. The van der Waals surface area contributed by atoms with Gasteiger partial charge in [-0.15, -0.1) is 0 Å². The van der Waals surface area contributed by atoms with Crippen LogP contribution in [0.5, 0.6) is 11.5 Å². The average molecular weight is 263 g/mol. The van der Waals surface area contributed by atoms with Crippen LogP contribution in [0.25, 0.3) is 0 Å². The molecule has 5 heteroatoms. The van der Waals surface area contributed by atoms with Crippen molar-refractivity contribution in [1.29, 1.82) is 0 Å². The summed E-state index contributed by atoms with van der Waals surface area (Å²) in [5.74, 6) is 1.05. The Bertz CT molecular complexity index is 418. The first-order valence-electron chi connectivity index (χ1n) is 4.78. The molecular formula is C12H13AlO3P+. The molecule has 0 saturated carbocycles. The van der Waals surface area contributed by atoms with Crippen LogP contribution in [0.1, 0.15) is 0 Å². The summed E-state index contributed by atoms with van der Waals surface area (Å²) in [5.41, 5.74) is 0. The van der Waals surface area contributed by atoms with Gasteiger partial charge in [0.05, 0.1) is 0 Å². The van der Waals surface area contributed by atoms with Crippen LogP contribution in [0.3, 0.4) is 0 Å². The van der Waals surface area contributed by atoms with E-state index in [9.17, 15) is 4.57 Å². The van der Waals surface area contributed by atoms with Crippen molar-refractivity contribution in [2.45, 2.75) is 0 Å². The molecule has 0 unspecified atom stereocenters. The van der Waals surface area contributed by atoms with Gasteiger partial charge in [-0.2, -0.15) is 0 Å². The first-order valence-corrected chi connectivity index (χ1v) is 5.87. The maximum absolute atomic E-state index is 11.5. The fourth-order valence-electron chi connectivity index (χ4n) is 1.15. The number of hydrogen-bond acceptors (Lipinski definition) is 3. The quantitative estimate of drug-likeness (QED) is 0.628. The summed E-state index contributed by atoms with van der Waals surface area (Å²) < 4.78 is 21.7. The van der Waals surface area contributed by atoms with Gasteiger partial charge in [-0.25, -0.2) is 9.05 Å². The molecule has 0 aromatic heterocycles. The molecule has 2 rings (SSSR count). The highest BCUT2D eigenvalue weighted by molar-refractivity contribution is 7.34. The largest absolute Gasteiger partial charge is 0.805 e. The second-order valence-corrected chi connectivity index (χ2v) is 3.84. The third kappa shape index (κ3) is 4.58. The van der Waals surface area contributed by atoms with E-state index in [0.717, 1.165) is 0 Å². The predicted molar refractivity (Wildman–Crippen MR) is 71.7 cm³/mol. The molecule has 0 saturated heterocycles. The average Bonchev–Trinajstić information content (AvgIpc) is 2.31. The maximum Gasteiger partial charge on any atom is 0.805 e. The lowest BCUT2D eigenvalue weighted by atomic mass is 10.3. The van der Waals surface area contributed by atoms with Crippen molar-refractivity contribution in [3.8, 4) is 11.5 Å². The molecule has 0 amide bonds. The van der Waals surface area contributed by atoms with Crippen molar-refractivity contribution in [3.05, 3.63) is 60.7 Å². The lowest BCUT2D eigenvalue weighted by Crippen LogP contribution is -1.87. The van der Waals surface area contributed by atoms with Crippen molar-refractivity contribution >= 4 is 25.6 Å². The van der Waals surface area contributed by atoms with E-state index in [4.69, 9.17) is 9.05 Å². The molecule has 86 valence electrons. The van der Waals surface area contributed by atoms with E-state index < -0.39 is 8.25 Å². The van der Waals surface area contributed by atoms with E-state index >= 15 is 0 Å². The van der Waals surface area contributed by atoms with Crippen LogP contribution in [0.15, 0.2) is 60.7 Å². The Balaban J connectivity index is 0.00000144. The van der Waals surface area contributed by atoms with Gasteiger partial charge in [0.2, 0.25) is 0 Å². The van der Waals surface area contributed by atoms with Crippen LogP contribution < -0.4 is 9.05 Å². The lowest BCUT2D eigenvalue weighted by Gasteiger charge is -1.92. The van der Waals surface area contributed by atoms with E-state index in [2.05, 4.69) is 0 Å². The highest BCUT2D eigenvalue weighted by Crippen LogP contribution is 2.29. The molecule has 0 heterocycles. The summed E-state index contributed by atoms with van der Waals surface area (Å²) in [6.07, 6.45) is 0. The van der Waals surface area contributed by atoms with Gasteiger partial charge in [0.25, 0.3) is 0 Å². The van der Waals surface area contributed by atoms with Gasteiger partial charge in [0.1, 0.15) is 0 Å². The molecule has 0 N–H and O–H groups in total. The lowest BCUT2D eigenvalue weighted by molar-refractivity contribution is 0.415. The molecule has 0 aliphatic carbocycles. The number of hydrogen-bond donors (Lipinski definition) is 0. The van der Waals surface area contributed by atoms with Gasteiger partial charge in [-0.05, 0) is 24.3 Å². The molecule has 0 aliphatic heterocycles. The Kier molecular flexibility index (Phi) is 5.73. The van der Waals surface area contributed by atoms with E-state index in [0.29, 0.717) is 11.5 Å². The van der Waals surface area contributed by atoms with Gasteiger partial charge in [0, 0.05) is 4.57 Å². The van der Waals surface area contributed by atoms with Gasteiger partial charge in [0.15, 0.2) is 28.9 Å². The Hall–Kier alpha value is -1.33. The molecule has 0 atom stereocenters. The van der Waals surface area contributed by atoms with Gasteiger partial charge in [-0.3, -0.25) is 0 Å². The molecule has 17 heavy (non-hydrogen) atoms. The smallest absolute Gasteiger partial charge is 0.222 e.